The molecule has 1 aromatic rings. The minimum atomic E-state index is -0.423. The first-order valence-electron chi connectivity index (χ1n) is 4.86. The number of hydrogen-bond acceptors (Lipinski definition) is 4. The number of nitrogens with zero attached hydrogens (tertiary/aromatic N) is 1. The van der Waals surface area contributed by atoms with E-state index in [9.17, 15) is 10.1 Å². The first-order chi connectivity index (χ1) is 7.56. The first kappa shape index (κ1) is 10.5. The predicted molar refractivity (Wildman–Crippen MR) is 57.8 cm³/mol. The second-order valence-corrected chi connectivity index (χ2v) is 3.55. The molecule has 0 aliphatic carbocycles. The van der Waals surface area contributed by atoms with Crippen LogP contribution in [0.5, 0.6) is 11.5 Å². The Hall–Kier alpha value is -2.04. The van der Waals surface area contributed by atoms with Crippen molar-refractivity contribution in [2.75, 3.05) is 0 Å². The Morgan fingerprint density at radius 1 is 1.44 bits per heavy atom. The van der Waals surface area contributed by atoms with E-state index in [-0.39, 0.29) is 12.0 Å². The Bertz CT molecular complexity index is 467. The first-order valence-corrected chi connectivity index (χ1v) is 4.86. The lowest BCUT2D eigenvalue weighted by atomic mass is 10.2. The molecule has 0 spiro atoms. The fourth-order valence-electron chi connectivity index (χ4n) is 1.48. The Labute approximate surface area is 92.4 Å². The maximum atomic E-state index is 10.5. The average molecular weight is 221 g/mol. The summed E-state index contributed by atoms with van der Waals surface area (Å²) in [7, 11) is 0. The third-order valence-corrected chi connectivity index (χ3v) is 2.22. The van der Waals surface area contributed by atoms with Crippen molar-refractivity contribution in [3.05, 3.63) is 39.6 Å². The monoisotopic (exact) mass is 221 g/mol. The van der Waals surface area contributed by atoms with Crippen molar-refractivity contribution in [1.82, 2.24) is 0 Å². The number of fused-ring (bicyclic) bond motifs is 1. The SMILES string of the molecule is CC(=Cc1ccc2c(c1)OC(C)O2)[N+](=O)[O-]. The van der Waals surface area contributed by atoms with Crippen molar-refractivity contribution in [1.29, 1.82) is 0 Å². The van der Waals surface area contributed by atoms with E-state index in [0.717, 1.165) is 5.56 Å². The summed E-state index contributed by atoms with van der Waals surface area (Å²) >= 11 is 0. The van der Waals surface area contributed by atoms with Gasteiger partial charge in [0.15, 0.2) is 11.5 Å². The van der Waals surface area contributed by atoms with Crippen LogP contribution in [0.15, 0.2) is 23.9 Å². The molecule has 0 bridgehead atoms. The third-order valence-electron chi connectivity index (χ3n) is 2.22. The van der Waals surface area contributed by atoms with Gasteiger partial charge in [0.2, 0.25) is 12.0 Å². The minimum Gasteiger partial charge on any atom is -0.451 e. The topological polar surface area (TPSA) is 61.6 Å². The molecule has 1 aliphatic rings. The Balaban J connectivity index is 2.30. The van der Waals surface area contributed by atoms with Gasteiger partial charge in [-0.1, -0.05) is 6.07 Å². The maximum Gasteiger partial charge on any atom is 0.243 e. The number of ether oxygens (including phenoxy) is 2. The molecule has 0 fully saturated rings. The van der Waals surface area contributed by atoms with E-state index in [1.54, 1.807) is 25.1 Å². The molecule has 2 rings (SSSR count). The number of benzene rings is 1. The summed E-state index contributed by atoms with van der Waals surface area (Å²) in [4.78, 5) is 10.0. The molecule has 84 valence electrons. The summed E-state index contributed by atoms with van der Waals surface area (Å²) in [6, 6.07) is 5.23. The lowest BCUT2D eigenvalue weighted by molar-refractivity contribution is -0.422. The molecule has 1 heterocycles. The zero-order valence-corrected chi connectivity index (χ0v) is 8.97. The smallest absolute Gasteiger partial charge is 0.243 e. The number of nitro groups is 1. The number of hydrogen-bond donors (Lipinski definition) is 0. The second-order valence-electron chi connectivity index (χ2n) is 3.55. The van der Waals surface area contributed by atoms with Crippen molar-refractivity contribution >= 4 is 6.08 Å². The van der Waals surface area contributed by atoms with Gasteiger partial charge in [0.05, 0.1) is 4.92 Å². The molecule has 0 N–H and O–H groups in total. The zero-order chi connectivity index (χ0) is 11.7. The quantitative estimate of drug-likeness (QED) is 0.568. The summed E-state index contributed by atoms with van der Waals surface area (Å²) in [6.45, 7) is 3.24. The fourth-order valence-corrected chi connectivity index (χ4v) is 1.48. The summed E-state index contributed by atoms with van der Waals surface area (Å²) in [5.74, 6) is 1.29. The molecule has 0 saturated heterocycles. The maximum absolute atomic E-state index is 10.5. The van der Waals surface area contributed by atoms with Crippen LogP contribution in [0.1, 0.15) is 19.4 Å². The van der Waals surface area contributed by atoms with Crippen molar-refractivity contribution in [3.63, 3.8) is 0 Å². The minimum absolute atomic E-state index is 0.0897. The average Bonchev–Trinajstić information content (AvgIpc) is 2.57. The van der Waals surface area contributed by atoms with Gasteiger partial charge >= 0.3 is 0 Å². The lowest BCUT2D eigenvalue weighted by Gasteiger charge is -1.99. The van der Waals surface area contributed by atoms with E-state index in [0.29, 0.717) is 11.5 Å². The number of allylic oxidation sites excluding steroid dienone is 1. The zero-order valence-electron chi connectivity index (χ0n) is 8.97. The van der Waals surface area contributed by atoms with E-state index >= 15 is 0 Å². The van der Waals surface area contributed by atoms with Crippen LogP contribution in [0.3, 0.4) is 0 Å². The van der Waals surface area contributed by atoms with Gasteiger partial charge in [-0.25, -0.2) is 0 Å². The summed E-state index contributed by atoms with van der Waals surface area (Å²) in [5.41, 5.74) is 0.817. The molecule has 0 aromatic heterocycles. The molecule has 16 heavy (non-hydrogen) atoms. The van der Waals surface area contributed by atoms with Gasteiger partial charge in [-0.3, -0.25) is 10.1 Å². The third kappa shape index (κ3) is 1.98. The van der Waals surface area contributed by atoms with Gasteiger partial charge < -0.3 is 9.47 Å². The highest BCUT2D eigenvalue weighted by Crippen LogP contribution is 2.35. The Morgan fingerprint density at radius 3 is 2.81 bits per heavy atom. The molecular weight excluding hydrogens is 210 g/mol. The van der Waals surface area contributed by atoms with Crippen LogP contribution in [0.4, 0.5) is 0 Å². The van der Waals surface area contributed by atoms with E-state index in [2.05, 4.69) is 0 Å². The molecule has 0 saturated carbocycles. The molecule has 1 aliphatic heterocycles. The van der Waals surface area contributed by atoms with Gasteiger partial charge in [-0.15, -0.1) is 0 Å². The highest BCUT2D eigenvalue weighted by Gasteiger charge is 2.19. The van der Waals surface area contributed by atoms with Gasteiger partial charge in [0.25, 0.3) is 0 Å². The molecule has 5 nitrogen and oxygen atoms in total. The van der Waals surface area contributed by atoms with Crippen molar-refractivity contribution < 1.29 is 14.4 Å². The summed E-state index contributed by atoms with van der Waals surface area (Å²) in [6.07, 6.45) is 1.19. The van der Waals surface area contributed by atoms with E-state index in [1.165, 1.54) is 13.0 Å². The normalized spacial score (nSPS) is 18.6. The van der Waals surface area contributed by atoms with Crippen molar-refractivity contribution in [2.24, 2.45) is 0 Å². The van der Waals surface area contributed by atoms with Gasteiger partial charge in [-0.05, 0) is 17.7 Å². The Kier molecular flexibility index (Phi) is 2.52. The molecule has 0 radical (unpaired) electrons. The van der Waals surface area contributed by atoms with Crippen LogP contribution in [0.25, 0.3) is 6.08 Å². The van der Waals surface area contributed by atoms with Crippen molar-refractivity contribution in [3.8, 4) is 11.5 Å². The molecule has 1 aromatic carbocycles. The van der Waals surface area contributed by atoms with Crippen LogP contribution in [0.2, 0.25) is 0 Å². The molecule has 0 amide bonds. The predicted octanol–water partition coefficient (Wildman–Crippen LogP) is 2.44. The van der Waals surface area contributed by atoms with Crippen LogP contribution in [0, 0.1) is 10.1 Å². The molecule has 5 heteroatoms. The van der Waals surface area contributed by atoms with Crippen molar-refractivity contribution in [2.45, 2.75) is 20.1 Å². The molecular formula is C11H11NO4. The van der Waals surface area contributed by atoms with Gasteiger partial charge in [0, 0.05) is 19.9 Å². The molecule has 1 unspecified atom stereocenters. The highest BCUT2D eigenvalue weighted by atomic mass is 16.7. The van der Waals surface area contributed by atoms with Crippen LogP contribution >= 0.6 is 0 Å². The van der Waals surface area contributed by atoms with E-state index < -0.39 is 4.92 Å². The second kappa shape index (κ2) is 3.84. The molecule has 1 atom stereocenters. The number of rotatable bonds is 2. The standard InChI is InChI=1S/C11H11NO4/c1-7(12(13)14)5-9-3-4-10-11(6-9)16-8(2)15-10/h3-6,8H,1-2H3. The fraction of sp³-hybridized carbons (Fsp3) is 0.273. The van der Waals surface area contributed by atoms with E-state index in [4.69, 9.17) is 9.47 Å². The van der Waals surface area contributed by atoms with Crippen LogP contribution in [-0.4, -0.2) is 11.2 Å². The van der Waals surface area contributed by atoms with Crippen LogP contribution < -0.4 is 9.47 Å². The summed E-state index contributed by atoms with van der Waals surface area (Å²) < 4.78 is 10.7. The van der Waals surface area contributed by atoms with Crippen LogP contribution in [-0.2, 0) is 0 Å². The highest BCUT2D eigenvalue weighted by molar-refractivity contribution is 5.57. The Morgan fingerprint density at radius 2 is 2.12 bits per heavy atom. The summed E-state index contributed by atoms with van der Waals surface area (Å²) in [5, 5.41) is 10.5. The van der Waals surface area contributed by atoms with Gasteiger partial charge in [0.1, 0.15) is 0 Å². The largest absolute Gasteiger partial charge is 0.451 e. The lowest BCUT2D eigenvalue weighted by Crippen LogP contribution is -2.11. The van der Waals surface area contributed by atoms with E-state index in [1.807, 2.05) is 0 Å². The van der Waals surface area contributed by atoms with Gasteiger partial charge in [-0.2, -0.15) is 0 Å².